The van der Waals surface area contributed by atoms with E-state index in [1.807, 2.05) is 20.8 Å². The third-order valence-corrected chi connectivity index (χ3v) is 7.62. The van der Waals surface area contributed by atoms with E-state index in [1.54, 1.807) is 11.0 Å². The largest absolute Gasteiger partial charge is 0.465 e. The Morgan fingerprint density at radius 1 is 1.22 bits per heavy atom. The Balaban J connectivity index is 2.09. The van der Waals surface area contributed by atoms with E-state index in [0.717, 1.165) is 24.2 Å². The first kappa shape index (κ1) is 28.2. The maximum atomic E-state index is 14.0. The average Bonchev–Trinajstić information content (AvgIpc) is 3.29. The zero-order valence-corrected chi connectivity index (χ0v) is 22.8. The van der Waals surface area contributed by atoms with E-state index in [-0.39, 0.29) is 33.7 Å². The molecule has 1 atom stereocenters. The summed E-state index contributed by atoms with van der Waals surface area (Å²) in [5.41, 5.74) is 0.0124. The molecule has 2 aliphatic rings. The number of methoxy groups -OCH3 is 1. The zero-order valence-electron chi connectivity index (χ0n) is 22.0. The van der Waals surface area contributed by atoms with E-state index in [0.29, 0.717) is 49.9 Å². The molecule has 3 rings (SSSR count). The van der Waals surface area contributed by atoms with Gasteiger partial charge >= 0.3 is 5.97 Å². The van der Waals surface area contributed by atoms with Crippen LogP contribution in [0.1, 0.15) is 67.9 Å². The van der Waals surface area contributed by atoms with Crippen molar-refractivity contribution < 1.29 is 29.0 Å². The highest BCUT2D eigenvalue weighted by Gasteiger charge is 2.40. The number of thiophene rings is 1. The Bertz CT molecular complexity index is 1000. The van der Waals surface area contributed by atoms with Gasteiger partial charge in [-0.3, -0.25) is 14.5 Å². The second-order valence-corrected chi connectivity index (χ2v) is 11.7. The van der Waals surface area contributed by atoms with Crippen LogP contribution >= 0.6 is 11.3 Å². The van der Waals surface area contributed by atoms with E-state index in [4.69, 9.17) is 9.47 Å². The SMILES string of the molecule is COC(=O)c1sc(C#CC(C)(C)C)cc1N(C(=O)[C@H]1CC[C@H](C)CC1)[C@@H](CO)C(=O)N1CCOCC1. The van der Waals surface area contributed by atoms with Crippen LogP contribution in [0.15, 0.2) is 6.07 Å². The highest BCUT2D eigenvalue weighted by atomic mass is 32.1. The molecule has 198 valence electrons. The minimum Gasteiger partial charge on any atom is -0.465 e. The van der Waals surface area contributed by atoms with Crippen LogP contribution in [-0.4, -0.2) is 73.9 Å². The Morgan fingerprint density at radius 3 is 2.42 bits per heavy atom. The smallest absolute Gasteiger partial charge is 0.350 e. The second-order valence-electron chi connectivity index (χ2n) is 10.6. The van der Waals surface area contributed by atoms with E-state index in [9.17, 15) is 19.5 Å². The third-order valence-electron chi connectivity index (χ3n) is 6.60. The number of anilines is 1. The monoisotopic (exact) mass is 518 g/mol. The number of esters is 1. The van der Waals surface area contributed by atoms with Gasteiger partial charge in [-0.15, -0.1) is 11.3 Å². The molecule has 2 heterocycles. The summed E-state index contributed by atoms with van der Waals surface area (Å²) in [7, 11) is 1.28. The minimum atomic E-state index is -1.16. The van der Waals surface area contributed by atoms with Gasteiger partial charge in [0.2, 0.25) is 11.8 Å². The van der Waals surface area contributed by atoms with Crippen molar-refractivity contribution in [2.45, 2.75) is 59.4 Å². The Labute approximate surface area is 217 Å². The molecule has 0 radical (unpaired) electrons. The topological polar surface area (TPSA) is 96.4 Å². The lowest BCUT2D eigenvalue weighted by atomic mass is 9.82. The van der Waals surface area contributed by atoms with Crippen molar-refractivity contribution in [3.8, 4) is 11.8 Å². The quantitative estimate of drug-likeness (QED) is 0.459. The van der Waals surface area contributed by atoms with E-state index in [2.05, 4.69) is 18.8 Å². The normalized spacial score (nSPS) is 21.2. The van der Waals surface area contributed by atoms with Gasteiger partial charge in [0.1, 0.15) is 10.9 Å². The van der Waals surface area contributed by atoms with Crippen molar-refractivity contribution in [1.29, 1.82) is 0 Å². The van der Waals surface area contributed by atoms with Crippen LogP contribution in [0, 0.1) is 29.1 Å². The first-order chi connectivity index (χ1) is 17.1. The summed E-state index contributed by atoms with van der Waals surface area (Å²) in [6.07, 6.45) is 3.24. The number of amides is 2. The fourth-order valence-electron chi connectivity index (χ4n) is 4.52. The Kier molecular flexibility index (Phi) is 9.56. The molecule has 0 aromatic carbocycles. The third kappa shape index (κ3) is 6.87. The zero-order chi connectivity index (χ0) is 26.5. The van der Waals surface area contributed by atoms with Crippen LogP contribution in [0.4, 0.5) is 5.69 Å². The number of ether oxygens (including phenoxy) is 2. The first-order valence-electron chi connectivity index (χ1n) is 12.6. The molecular weight excluding hydrogens is 480 g/mol. The Hall–Kier alpha value is -2.41. The highest BCUT2D eigenvalue weighted by molar-refractivity contribution is 7.15. The number of carbonyl (C=O) groups is 3. The van der Waals surface area contributed by atoms with Crippen LogP contribution in [0.2, 0.25) is 0 Å². The predicted molar refractivity (Wildman–Crippen MR) is 139 cm³/mol. The number of aliphatic hydroxyl groups is 1. The number of hydrogen-bond acceptors (Lipinski definition) is 7. The van der Waals surface area contributed by atoms with E-state index < -0.39 is 18.6 Å². The number of rotatable bonds is 6. The number of hydrogen-bond donors (Lipinski definition) is 1. The lowest BCUT2D eigenvalue weighted by molar-refractivity contribution is -0.140. The summed E-state index contributed by atoms with van der Waals surface area (Å²) >= 11 is 1.13. The van der Waals surface area contributed by atoms with Gasteiger partial charge < -0.3 is 19.5 Å². The molecule has 2 amide bonds. The predicted octanol–water partition coefficient (Wildman–Crippen LogP) is 3.31. The minimum absolute atomic E-state index is 0.196. The van der Waals surface area contributed by atoms with Crippen LogP contribution in [0.25, 0.3) is 0 Å². The van der Waals surface area contributed by atoms with Gasteiger partial charge in [-0.2, -0.15) is 0 Å². The van der Waals surface area contributed by atoms with Gasteiger partial charge in [-0.1, -0.05) is 18.8 Å². The maximum Gasteiger partial charge on any atom is 0.350 e. The van der Waals surface area contributed by atoms with Gasteiger partial charge in [0, 0.05) is 24.4 Å². The molecule has 36 heavy (non-hydrogen) atoms. The molecule has 0 spiro atoms. The van der Waals surface area contributed by atoms with E-state index >= 15 is 0 Å². The maximum absolute atomic E-state index is 14.0. The van der Waals surface area contributed by atoms with Crippen molar-refractivity contribution >= 4 is 34.8 Å². The fraction of sp³-hybridized carbons (Fsp3) is 0.667. The molecule has 1 aliphatic heterocycles. The van der Waals surface area contributed by atoms with Gasteiger partial charge in [0.25, 0.3) is 0 Å². The molecular formula is C27H38N2O6S. The van der Waals surface area contributed by atoms with Crippen molar-refractivity contribution in [3.63, 3.8) is 0 Å². The summed E-state index contributed by atoms with van der Waals surface area (Å²) < 4.78 is 10.4. The molecule has 1 aromatic rings. The lowest BCUT2D eigenvalue weighted by Gasteiger charge is -2.37. The highest BCUT2D eigenvalue weighted by Crippen LogP contribution is 2.37. The molecule has 1 N–H and O–H groups in total. The summed E-state index contributed by atoms with van der Waals surface area (Å²) in [5, 5.41) is 10.4. The van der Waals surface area contributed by atoms with Crippen LogP contribution in [0.5, 0.6) is 0 Å². The van der Waals surface area contributed by atoms with Crippen LogP contribution in [0.3, 0.4) is 0 Å². The molecule has 1 aromatic heterocycles. The van der Waals surface area contributed by atoms with E-state index in [1.165, 1.54) is 12.0 Å². The van der Waals surface area contributed by atoms with Crippen molar-refractivity contribution in [1.82, 2.24) is 4.90 Å². The molecule has 0 bridgehead atoms. The summed E-state index contributed by atoms with van der Waals surface area (Å²) in [6.45, 7) is 9.13. The van der Waals surface area contributed by atoms with Gasteiger partial charge in [0.15, 0.2) is 0 Å². The van der Waals surface area contributed by atoms with Crippen molar-refractivity contribution in [2.75, 3.05) is 44.9 Å². The van der Waals surface area contributed by atoms with Gasteiger partial charge in [0.05, 0.1) is 37.5 Å². The molecule has 0 unspecified atom stereocenters. The molecule has 2 fully saturated rings. The van der Waals surface area contributed by atoms with Crippen LogP contribution in [-0.2, 0) is 19.1 Å². The molecule has 9 heteroatoms. The molecule has 1 aliphatic carbocycles. The number of morpholine rings is 1. The van der Waals surface area contributed by atoms with Gasteiger partial charge in [-0.05, 0) is 58.4 Å². The average molecular weight is 519 g/mol. The second kappa shape index (κ2) is 12.2. The molecule has 1 saturated carbocycles. The van der Waals surface area contributed by atoms with Crippen molar-refractivity contribution in [3.05, 3.63) is 15.8 Å². The summed E-state index contributed by atoms with van der Waals surface area (Å²) in [5.74, 6) is 5.29. The molecule has 1 saturated heterocycles. The number of nitrogens with zero attached hydrogens (tertiary/aromatic N) is 2. The fourth-order valence-corrected chi connectivity index (χ4v) is 5.44. The number of aliphatic hydroxyl groups excluding tert-OH is 1. The van der Waals surface area contributed by atoms with Crippen LogP contribution < -0.4 is 4.90 Å². The molecule has 8 nitrogen and oxygen atoms in total. The standard InChI is InChI=1S/C27H38N2O6S/c1-18-6-8-19(9-7-18)24(31)29(22(17-30)25(32)28-12-14-35-15-13-28)21-16-20(10-11-27(2,3)4)36-23(21)26(33)34-5/h16,18-19,22,30H,6-9,12-15,17H2,1-5H3/t18-,19-,22-/m0/s1. The van der Waals surface area contributed by atoms with Gasteiger partial charge in [-0.25, -0.2) is 4.79 Å². The van der Waals surface area contributed by atoms with Crippen molar-refractivity contribution in [2.24, 2.45) is 17.3 Å². The first-order valence-corrected chi connectivity index (χ1v) is 13.4. The summed E-state index contributed by atoms with van der Waals surface area (Å²) in [4.78, 5) is 44.1. The number of carbonyl (C=O) groups excluding carboxylic acids is 3. The lowest BCUT2D eigenvalue weighted by Crippen LogP contribution is -2.56. The summed E-state index contributed by atoms with van der Waals surface area (Å²) in [6, 6.07) is 0.519. The Morgan fingerprint density at radius 2 is 1.86 bits per heavy atom.